The van der Waals surface area contributed by atoms with E-state index in [9.17, 15) is 4.79 Å². The van der Waals surface area contributed by atoms with E-state index < -0.39 is 0 Å². The van der Waals surface area contributed by atoms with E-state index in [-0.39, 0.29) is 5.91 Å². The number of benzene rings is 1. The van der Waals surface area contributed by atoms with Crippen molar-refractivity contribution in [2.45, 2.75) is 50.3 Å². The molecule has 0 aliphatic heterocycles. The predicted molar refractivity (Wildman–Crippen MR) is 81.3 cm³/mol. The third-order valence-corrected chi connectivity index (χ3v) is 6.48. The van der Waals surface area contributed by atoms with E-state index in [1.54, 1.807) is 0 Å². The molecule has 1 aliphatic carbocycles. The Kier molecular flexibility index (Phi) is 5.93. The van der Waals surface area contributed by atoms with Crippen molar-refractivity contribution in [2.24, 2.45) is 0 Å². The van der Waals surface area contributed by atoms with Crippen LogP contribution in [0, 0.1) is 0 Å². The molecule has 1 aromatic rings. The van der Waals surface area contributed by atoms with Gasteiger partial charge in [0.15, 0.2) is 0 Å². The number of rotatable bonds is 5. The minimum atomic E-state index is 0.107. The normalized spacial score (nSPS) is 16.3. The van der Waals surface area contributed by atoms with Gasteiger partial charge in [-0.3, -0.25) is 0 Å². The van der Waals surface area contributed by atoms with Crippen molar-refractivity contribution < 1.29 is 4.79 Å². The first kappa shape index (κ1) is 14.6. The van der Waals surface area contributed by atoms with E-state index in [2.05, 4.69) is 24.4 Å². The van der Waals surface area contributed by atoms with Crippen LogP contribution in [-0.2, 0) is 0 Å². The maximum atomic E-state index is 12.2. The molecule has 1 aromatic carbocycles. The van der Waals surface area contributed by atoms with Gasteiger partial charge >= 0.3 is 122 Å². The summed E-state index contributed by atoms with van der Waals surface area (Å²) in [5.74, 6) is 0.107. The van der Waals surface area contributed by atoms with Crippen molar-refractivity contribution in [2.75, 3.05) is 6.54 Å². The fourth-order valence-electron chi connectivity index (χ4n) is 2.45. The molecule has 2 nitrogen and oxygen atoms in total. The Morgan fingerprint density at radius 1 is 1.26 bits per heavy atom. The second kappa shape index (κ2) is 7.71. The molecule has 1 saturated carbocycles. The van der Waals surface area contributed by atoms with Gasteiger partial charge in [0.25, 0.3) is 0 Å². The Labute approximate surface area is 122 Å². The molecule has 0 heterocycles. The molecule has 19 heavy (non-hydrogen) atoms. The molecule has 104 valence electrons. The third-order valence-electron chi connectivity index (χ3n) is 3.51. The molecule has 0 saturated heterocycles. The van der Waals surface area contributed by atoms with E-state index in [0.29, 0.717) is 15.0 Å². The Balaban J connectivity index is 2.04. The minimum absolute atomic E-state index is 0.107. The number of hydrogen-bond donors (Lipinski definition) is 1. The monoisotopic (exact) mass is 325 g/mol. The fraction of sp³-hybridized carbons (Fsp3) is 0.562. The van der Waals surface area contributed by atoms with Crippen molar-refractivity contribution in [3.05, 3.63) is 29.8 Å². The van der Waals surface area contributed by atoms with Crippen LogP contribution < -0.4 is 9.78 Å². The maximum absolute atomic E-state index is 12.2. The number of carbonyl (C=O) groups is 1. The fourth-order valence-corrected chi connectivity index (χ4v) is 5.33. The van der Waals surface area contributed by atoms with Crippen LogP contribution in [0.15, 0.2) is 24.3 Å². The van der Waals surface area contributed by atoms with Crippen molar-refractivity contribution in [3.8, 4) is 0 Å². The molecule has 0 spiro atoms. The Hall–Kier alpha value is -0.791. The SMILES string of the molecule is CCCNC(=O)c1ccccc1[Se]C1CCCCC1. The summed E-state index contributed by atoms with van der Waals surface area (Å²) in [5.41, 5.74) is 0.904. The summed E-state index contributed by atoms with van der Waals surface area (Å²) in [7, 11) is 0. The van der Waals surface area contributed by atoms with Gasteiger partial charge in [-0.1, -0.05) is 0 Å². The second-order valence-corrected chi connectivity index (χ2v) is 7.95. The molecular weight excluding hydrogens is 301 g/mol. The van der Waals surface area contributed by atoms with Gasteiger partial charge in [-0.2, -0.15) is 0 Å². The first-order valence-corrected chi connectivity index (χ1v) is 9.19. The molecule has 1 N–H and O–H groups in total. The van der Waals surface area contributed by atoms with Crippen LogP contribution >= 0.6 is 0 Å². The average Bonchev–Trinajstić information content (AvgIpc) is 2.46. The second-order valence-electron chi connectivity index (χ2n) is 5.13. The third kappa shape index (κ3) is 4.36. The first-order chi connectivity index (χ1) is 9.31. The number of carbonyl (C=O) groups excluding carboxylic acids is 1. The van der Waals surface area contributed by atoms with Gasteiger partial charge in [0.2, 0.25) is 0 Å². The molecule has 0 atom stereocenters. The van der Waals surface area contributed by atoms with Crippen LogP contribution in [0.1, 0.15) is 55.8 Å². The van der Waals surface area contributed by atoms with E-state index >= 15 is 0 Å². The Morgan fingerprint density at radius 2 is 2.00 bits per heavy atom. The molecule has 3 heteroatoms. The standard InChI is InChI=1S/C16H23NOSe/c1-2-12-17-16(18)14-10-6-7-11-15(14)19-13-8-4-3-5-9-13/h6-7,10-11,13H,2-5,8-9,12H2,1H3,(H,17,18). The van der Waals surface area contributed by atoms with Crippen LogP contribution in [0.4, 0.5) is 0 Å². The van der Waals surface area contributed by atoms with E-state index in [0.717, 1.165) is 23.3 Å². The van der Waals surface area contributed by atoms with Gasteiger partial charge in [0.05, 0.1) is 0 Å². The van der Waals surface area contributed by atoms with Gasteiger partial charge in [-0.25, -0.2) is 0 Å². The van der Waals surface area contributed by atoms with Gasteiger partial charge < -0.3 is 0 Å². The molecule has 2 rings (SSSR count). The molecular formula is C16H23NOSe. The molecule has 0 aromatic heterocycles. The summed E-state index contributed by atoms with van der Waals surface area (Å²) >= 11 is 0.445. The zero-order valence-corrected chi connectivity index (χ0v) is 13.4. The predicted octanol–water partition coefficient (Wildman–Crippen LogP) is 2.91. The first-order valence-electron chi connectivity index (χ1n) is 7.35. The van der Waals surface area contributed by atoms with Crippen molar-refractivity contribution in [3.63, 3.8) is 0 Å². The van der Waals surface area contributed by atoms with Crippen molar-refractivity contribution in [1.82, 2.24) is 5.32 Å². The molecule has 0 bridgehead atoms. The number of nitrogens with one attached hydrogen (secondary N) is 1. The average molecular weight is 324 g/mol. The quantitative estimate of drug-likeness (QED) is 0.829. The van der Waals surface area contributed by atoms with Gasteiger partial charge in [-0.05, 0) is 0 Å². The van der Waals surface area contributed by atoms with Crippen LogP contribution in [-0.4, -0.2) is 27.4 Å². The van der Waals surface area contributed by atoms with Gasteiger partial charge in [0.1, 0.15) is 0 Å². The number of amides is 1. The molecule has 0 unspecified atom stereocenters. The van der Waals surface area contributed by atoms with Crippen LogP contribution in [0.5, 0.6) is 0 Å². The Morgan fingerprint density at radius 3 is 2.74 bits per heavy atom. The summed E-state index contributed by atoms with van der Waals surface area (Å²) in [6.07, 6.45) is 7.83. The summed E-state index contributed by atoms with van der Waals surface area (Å²) in [6, 6.07) is 8.16. The van der Waals surface area contributed by atoms with Crippen molar-refractivity contribution in [1.29, 1.82) is 0 Å². The summed E-state index contributed by atoms with van der Waals surface area (Å²) in [5, 5.41) is 3.00. The topological polar surface area (TPSA) is 29.1 Å². The molecule has 1 aliphatic rings. The van der Waals surface area contributed by atoms with Crippen molar-refractivity contribution >= 4 is 25.3 Å². The zero-order valence-electron chi connectivity index (χ0n) is 11.7. The zero-order chi connectivity index (χ0) is 13.5. The molecule has 1 fully saturated rings. The molecule has 1 amide bonds. The van der Waals surface area contributed by atoms with Crippen LogP contribution in [0.3, 0.4) is 0 Å². The van der Waals surface area contributed by atoms with Crippen LogP contribution in [0.25, 0.3) is 0 Å². The Bertz CT molecular complexity index is 413. The van der Waals surface area contributed by atoms with Crippen LogP contribution in [0.2, 0.25) is 4.82 Å². The summed E-state index contributed by atoms with van der Waals surface area (Å²) in [6.45, 7) is 2.85. The number of hydrogen-bond acceptors (Lipinski definition) is 1. The van der Waals surface area contributed by atoms with E-state index in [4.69, 9.17) is 0 Å². The molecule has 0 radical (unpaired) electrons. The van der Waals surface area contributed by atoms with Gasteiger partial charge in [-0.15, -0.1) is 0 Å². The summed E-state index contributed by atoms with van der Waals surface area (Å²) in [4.78, 5) is 13.0. The van der Waals surface area contributed by atoms with Gasteiger partial charge in [0, 0.05) is 0 Å². The van der Waals surface area contributed by atoms with E-state index in [1.165, 1.54) is 36.6 Å². The van der Waals surface area contributed by atoms with E-state index in [1.807, 2.05) is 12.1 Å². The summed E-state index contributed by atoms with van der Waals surface area (Å²) < 4.78 is 1.29.